The number of nitrogens with one attached hydrogen (secondary N) is 1. The van der Waals surface area contributed by atoms with Crippen LogP contribution in [0.4, 0.5) is 0 Å². The summed E-state index contributed by atoms with van der Waals surface area (Å²) >= 11 is 0. The molecule has 3 nitrogen and oxygen atoms in total. The molecule has 1 aliphatic heterocycles. The zero-order valence-corrected chi connectivity index (χ0v) is 10.3. The average Bonchev–Trinajstić information content (AvgIpc) is 2.73. The van der Waals surface area contributed by atoms with E-state index in [2.05, 4.69) is 19.2 Å². The Labute approximate surface area is 93.5 Å². The first-order chi connectivity index (χ1) is 7.25. The van der Waals surface area contributed by atoms with E-state index in [1.807, 2.05) is 0 Å². The van der Waals surface area contributed by atoms with Crippen LogP contribution in [0.1, 0.15) is 26.7 Å². The Kier molecular flexibility index (Phi) is 5.58. The van der Waals surface area contributed by atoms with Gasteiger partial charge in [-0.1, -0.05) is 20.3 Å². The highest BCUT2D eigenvalue weighted by atomic mass is 16.5. The van der Waals surface area contributed by atoms with E-state index in [4.69, 9.17) is 9.47 Å². The van der Waals surface area contributed by atoms with Gasteiger partial charge in [-0.25, -0.2) is 0 Å². The molecule has 90 valence electrons. The van der Waals surface area contributed by atoms with Crippen LogP contribution in [0.2, 0.25) is 0 Å². The number of ether oxygens (including phenoxy) is 2. The summed E-state index contributed by atoms with van der Waals surface area (Å²) in [5, 5.41) is 3.48. The van der Waals surface area contributed by atoms with Gasteiger partial charge in [0.1, 0.15) is 0 Å². The Morgan fingerprint density at radius 1 is 1.53 bits per heavy atom. The van der Waals surface area contributed by atoms with Gasteiger partial charge in [0.2, 0.25) is 0 Å². The predicted molar refractivity (Wildman–Crippen MR) is 62.1 cm³/mol. The largest absolute Gasteiger partial charge is 0.383 e. The predicted octanol–water partition coefficient (Wildman–Crippen LogP) is 1.68. The van der Waals surface area contributed by atoms with Crippen LogP contribution < -0.4 is 5.32 Å². The van der Waals surface area contributed by atoms with Gasteiger partial charge in [0, 0.05) is 32.2 Å². The van der Waals surface area contributed by atoms with E-state index in [1.165, 1.54) is 12.8 Å². The number of hydrogen-bond donors (Lipinski definition) is 1. The second-order valence-electron chi connectivity index (χ2n) is 4.64. The van der Waals surface area contributed by atoms with Gasteiger partial charge in [-0.2, -0.15) is 0 Å². The van der Waals surface area contributed by atoms with Gasteiger partial charge in [-0.3, -0.25) is 0 Å². The van der Waals surface area contributed by atoms with Gasteiger partial charge < -0.3 is 14.8 Å². The monoisotopic (exact) mass is 215 g/mol. The maximum absolute atomic E-state index is 5.57. The first kappa shape index (κ1) is 12.9. The number of rotatable bonds is 7. The average molecular weight is 215 g/mol. The van der Waals surface area contributed by atoms with Crippen LogP contribution in [0, 0.1) is 11.3 Å². The van der Waals surface area contributed by atoms with Crippen molar-refractivity contribution in [2.45, 2.75) is 26.7 Å². The van der Waals surface area contributed by atoms with E-state index < -0.39 is 0 Å². The molecule has 0 aromatic rings. The van der Waals surface area contributed by atoms with Gasteiger partial charge in [0.25, 0.3) is 0 Å². The van der Waals surface area contributed by atoms with Gasteiger partial charge in [-0.05, 0) is 12.3 Å². The van der Waals surface area contributed by atoms with Crippen LogP contribution in [0.25, 0.3) is 0 Å². The molecule has 0 aromatic heterocycles. The standard InChI is InChI=1S/C12H25NO2/c1-4-11(2)12(5-7-15-10-12)9-13-6-8-14-3/h11,13H,4-10H2,1-3H3. The maximum Gasteiger partial charge on any atom is 0.0587 e. The Hall–Kier alpha value is -0.120. The van der Waals surface area contributed by atoms with E-state index in [9.17, 15) is 0 Å². The summed E-state index contributed by atoms with van der Waals surface area (Å²) in [5.74, 6) is 0.732. The Morgan fingerprint density at radius 3 is 2.87 bits per heavy atom. The molecule has 0 amide bonds. The minimum atomic E-state index is 0.364. The maximum atomic E-state index is 5.57. The van der Waals surface area contributed by atoms with Crippen LogP contribution in [0.15, 0.2) is 0 Å². The summed E-state index contributed by atoms with van der Waals surface area (Å²) in [6, 6.07) is 0. The fraction of sp³-hybridized carbons (Fsp3) is 1.00. The molecule has 1 rings (SSSR count). The Morgan fingerprint density at radius 2 is 2.33 bits per heavy atom. The van der Waals surface area contributed by atoms with Crippen LogP contribution >= 0.6 is 0 Å². The molecule has 2 unspecified atom stereocenters. The lowest BCUT2D eigenvalue weighted by molar-refractivity contribution is 0.106. The lowest BCUT2D eigenvalue weighted by Crippen LogP contribution is -2.40. The van der Waals surface area contributed by atoms with Crippen molar-refractivity contribution in [3.8, 4) is 0 Å². The Bertz CT molecular complexity index is 167. The van der Waals surface area contributed by atoms with E-state index in [0.29, 0.717) is 5.41 Å². The van der Waals surface area contributed by atoms with E-state index in [0.717, 1.165) is 38.8 Å². The van der Waals surface area contributed by atoms with E-state index in [-0.39, 0.29) is 0 Å². The summed E-state index contributed by atoms with van der Waals surface area (Å²) in [6.07, 6.45) is 2.43. The Balaban J connectivity index is 2.36. The second-order valence-corrected chi connectivity index (χ2v) is 4.64. The molecule has 0 saturated carbocycles. The van der Waals surface area contributed by atoms with Crippen molar-refractivity contribution in [1.29, 1.82) is 0 Å². The zero-order valence-electron chi connectivity index (χ0n) is 10.3. The number of methoxy groups -OCH3 is 1. The van der Waals surface area contributed by atoms with Gasteiger partial charge in [0.15, 0.2) is 0 Å². The van der Waals surface area contributed by atoms with Gasteiger partial charge >= 0.3 is 0 Å². The highest BCUT2D eigenvalue weighted by molar-refractivity contribution is 4.89. The molecule has 1 aliphatic rings. The van der Waals surface area contributed by atoms with Crippen LogP contribution in [-0.4, -0.2) is 40.0 Å². The lowest BCUT2D eigenvalue weighted by atomic mass is 9.74. The van der Waals surface area contributed by atoms with Crippen molar-refractivity contribution in [1.82, 2.24) is 5.32 Å². The molecule has 0 bridgehead atoms. The zero-order chi connectivity index (χ0) is 11.1. The normalized spacial score (nSPS) is 28.2. The fourth-order valence-electron chi connectivity index (χ4n) is 2.27. The summed E-state index contributed by atoms with van der Waals surface area (Å²) in [5.41, 5.74) is 0.364. The summed E-state index contributed by atoms with van der Waals surface area (Å²) in [4.78, 5) is 0. The van der Waals surface area contributed by atoms with Crippen molar-refractivity contribution in [3.05, 3.63) is 0 Å². The highest BCUT2D eigenvalue weighted by Gasteiger charge is 2.38. The molecule has 0 aliphatic carbocycles. The SMILES string of the molecule is CCC(C)C1(CNCCOC)CCOC1. The molecule has 0 radical (unpaired) electrons. The smallest absolute Gasteiger partial charge is 0.0587 e. The summed E-state index contributed by atoms with van der Waals surface area (Å²) < 4.78 is 10.6. The summed E-state index contributed by atoms with van der Waals surface area (Å²) in [6.45, 7) is 9.24. The van der Waals surface area contributed by atoms with Gasteiger partial charge in [-0.15, -0.1) is 0 Å². The van der Waals surface area contributed by atoms with E-state index >= 15 is 0 Å². The van der Waals surface area contributed by atoms with Crippen LogP contribution in [0.5, 0.6) is 0 Å². The van der Waals surface area contributed by atoms with Crippen molar-refractivity contribution in [3.63, 3.8) is 0 Å². The topological polar surface area (TPSA) is 30.5 Å². The van der Waals surface area contributed by atoms with Crippen molar-refractivity contribution in [2.24, 2.45) is 11.3 Å². The molecule has 0 spiro atoms. The van der Waals surface area contributed by atoms with E-state index in [1.54, 1.807) is 7.11 Å². The first-order valence-corrected chi connectivity index (χ1v) is 6.02. The quantitative estimate of drug-likeness (QED) is 0.655. The molecular formula is C12H25NO2. The third kappa shape index (κ3) is 3.44. The molecule has 1 heterocycles. The van der Waals surface area contributed by atoms with Crippen LogP contribution in [-0.2, 0) is 9.47 Å². The third-order valence-corrected chi connectivity index (χ3v) is 3.75. The molecule has 1 fully saturated rings. The minimum Gasteiger partial charge on any atom is -0.383 e. The summed E-state index contributed by atoms with van der Waals surface area (Å²) in [7, 11) is 1.74. The van der Waals surface area contributed by atoms with Gasteiger partial charge in [0.05, 0.1) is 13.2 Å². The van der Waals surface area contributed by atoms with Crippen LogP contribution in [0.3, 0.4) is 0 Å². The third-order valence-electron chi connectivity index (χ3n) is 3.75. The fourth-order valence-corrected chi connectivity index (χ4v) is 2.27. The molecule has 1 saturated heterocycles. The molecule has 2 atom stereocenters. The second kappa shape index (κ2) is 6.46. The van der Waals surface area contributed by atoms with Crippen molar-refractivity contribution >= 4 is 0 Å². The number of hydrogen-bond acceptors (Lipinski definition) is 3. The van der Waals surface area contributed by atoms with Crippen molar-refractivity contribution < 1.29 is 9.47 Å². The molecule has 15 heavy (non-hydrogen) atoms. The minimum absolute atomic E-state index is 0.364. The molecule has 0 aromatic carbocycles. The molecule has 1 N–H and O–H groups in total. The highest BCUT2D eigenvalue weighted by Crippen LogP contribution is 2.37. The lowest BCUT2D eigenvalue weighted by Gasteiger charge is -2.33. The molecule has 3 heteroatoms. The van der Waals surface area contributed by atoms with Crippen molar-refractivity contribution in [2.75, 3.05) is 40.0 Å². The molecular weight excluding hydrogens is 190 g/mol. The first-order valence-electron chi connectivity index (χ1n) is 6.02.